The van der Waals surface area contributed by atoms with Crippen LogP contribution in [0.2, 0.25) is 0 Å². The summed E-state index contributed by atoms with van der Waals surface area (Å²) < 4.78 is 6.19. The van der Waals surface area contributed by atoms with E-state index < -0.39 is 0 Å². The van der Waals surface area contributed by atoms with Crippen LogP contribution >= 0.6 is 0 Å². The van der Waals surface area contributed by atoms with Crippen molar-refractivity contribution in [1.82, 2.24) is 10.2 Å². The summed E-state index contributed by atoms with van der Waals surface area (Å²) in [6, 6.07) is 22.9. The molecule has 1 aliphatic rings. The lowest BCUT2D eigenvalue weighted by molar-refractivity contribution is -0.127. The predicted molar refractivity (Wildman–Crippen MR) is 117 cm³/mol. The van der Waals surface area contributed by atoms with Gasteiger partial charge in [-0.3, -0.25) is 4.79 Å². The van der Waals surface area contributed by atoms with Crippen molar-refractivity contribution in [2.45, 2.75) is 32.4 Å². The van der Waals surface area contributed by atoms with Crippen molar-refractivity contribution in [3.05, 3.63) is 77.9 Å². The maximum Gasteiger partial charge on any atom is 0.222 e. The molecular weight excluding hydrogens is 360 g/mol. The van der Waals surface area contributed by atoms with E-state index in [2.05, 4.69) is 53.8 Å². The third kappa shape index (κ3) is 4.96. The molecule has 3 aromatic rings. The number of fused-ring (bicyclic) bond motifs is 1. The Balaban J connectivity index is 1.40. The molecule has 0 aromatic heterocycles. The van der Waals surface area contributed by atoms with Crippen molar-refractivity contribution in [2.24, 2.45) is 0 Å². The van der Waals surface area contributed by atoms with Gasteiger partial charge in [0.2, 0.25) is 5.91 Å². The van der Waals surface area contributed by atoms with Gasteiger partial charge in [0.05, 0.1) is 0 Å². The Bertz CT molecular complexity index is 955. The van der Waals surface area contributed by atoms with Gasteiger partial charge in [0, 0.05) is 31.6 Å². The first kappa shape index (κ1) is 19.5. The average Bonchev–Trinajstić information content (AvgIpc) is 3.18. The first-order chi connectivity index (χ1) is 14.3. The van der Waals surface area contributed by atoms with E-state index in [-0.39, 0.29) is 0 Å². The highest BCUT2D eigenvalue weighted by Gasteiger charge is 2.19. The second-order valence-corrected chi connectivity index (χ2v) is 7.55. The van der Waals surface area contributed by atoms with Crippen LogP contribution in [0.25, 0.3) is 10.8 Å². The van der Waals surface area contributed by atoms with E-state index >= 15 is 0 Å². The van der Waals surface area contributed by atoms with Gasteiger partial charge >= 0.3 is 0 Å². The molecule has 0 aliphatic carbocycles. The lowest BCUT2D eigenvalue weighted by Crippen LogP contribution is -2.28. The lowest BCUT2D eigenvalue weighted by atomic mass is 10.0. The zero-order valence-corrected chi connectivity index (χ0v) is 16.8. The van der Waals surface area contributed by atoms with Crippen LogP contribution in [0.3, 0.4) is 0 Å². The Hall–Kier alpha value is -2.85. The number of nitrogens with one attached hydrogen (secondary N) is 1. The van der Waals surface area contributed by atoms with E-state index in [0.717, 1.165) is 50.3 Å². The second-order valence-electron chi connectivity index (χ2n) is 7.55. The summed E-state index contributed by atoms with van der Waals surface area (Å²) >= 11 is 0. The largest absolute Gasteiger partial charge is 0.489 e. The van der Waals surface area contributed by atoms with Crippen LogP contribution in [0.4, 0.5) is 0 Å². The van der Waals surface area contributed by atoms with Gasteiger partial charge in [-0.05, 0) is 41.8 Å². The molecule has 4 rings (SSSR count). The van der Waals surface area contributed by atoms with E-state index in [9.17, 15) is 4.79 Å². The molecule has 0 bridgehead atoms. The number of amides is 1. The Morgan fingerprint density at radius 3 is 2.62 bits per heavy atom. The Morgan fingerprint density at radius 1 is 0.966 bits per heavy atom. The monoisotopic (exact) mass is 388 g/mol. The molecule has 4 nitrogen and oxygen atoms in total. The number of benzene rings is 3. The van der Waals surface area contributed by atoms with Crippen LogP contribution in [0.15, 0.2) is 66.7 Å². The zero-order chi connectivity index (χ0) is 19.9. The van der Waals surface area contributed by atoms with Crippen molar-refractivity contribution in [1.29, 1.82) is 0 Å². The third-order valence-corrected chi connectivity index (χ3v) is 5.49. The molecule has 3 aromatic carbocycles. The molecular formula is C25H28N2O2. The third-order valence-electron chi connectivity index (χ3n) is 5.49. The smallest absolute Gasteiger partial charge is 0.222 e. The molecule has 1 N–H and O–H groups in total. The number of rotatable bonds is 9. The minimum atomic E-state index is 0.302. The quantitative estimate of drug-likeness (QED) is 0.548. The molecule has 1 amide bonds. The van der Waals surface area contributed by atoms with Gasteiger partial charge in [-0.1, -0.05) is 60.7 Å². The fourth-order valence-corrected chi connectivity index (χ4v) is 3.92. The van der Waals surface area contributed by atoms with Crippen molar-refractivity contribution >= 4 is 16.7 Å². The van der Waals surface area contributed by atoms with E-state index in [1.165, 1.54) is 16.3 Å². The molecule has 29 heavy (non-hydrogen) atoms. The first-order valence-electron chi connectivity index (χ1n) is 10.5. The highest BCUT2D eigenvalue weighted by Crippen LogP contribution is 2.28. The molecule has 1 aliphatic heterocycles. The number of hydrogen-bond acceptors (Lipinski definition) is 3. The summed E-state index contributed by atoms with van der Waals surface area (Å²) in [5.41, 5.74) is 2.35. The summed E-state index contributed by atoms with van der Waals surface area (Å²) in [5, 5.41) is 6.00. The molecule has 0 unspecified atom stereocenters. The Labute approximate surface area is 172 Å². The molecule has 0 atom stereocenters. The topological polar surface area (TPSA) is 41.6 Å². The fourth-order valence-electron chi connectivity index (χ4n) is 3.92. The normalized spacial score (nSPS) is 13.9. The maximum atomic E-state index is 11.7. The molecule has 4 heteroatoms. The van der Waals surface area contributed by atoms with Crippen LogP contribution in [-0.2, 0) is 17.9 Å². The number of ether oxygens (including phenoxy) is 1. The van der Waals surface area contributed by atoms with Crippen LogP contribution in [-0.4, -0.2) is 30.4 Å². The summed E-state index contributed by atoms with van der Waals surface area (Å²) in [4.78, 5) is 13.7. The van der Waals surface area contributed by atoms with E-state index in [1.807, 2.05) is 23.1 Å². The molecule has 1 fully saturated rings. The highest BCUT2D eigenvalue weighted by molar-refractivity contribution is 5.87. The number of nitrogens with zero attached hydrogens (tertiary/aromatic N) is 1. The van der Waals surface area contributed by atoms with Gasteiger partial charge in [-0.2, -0.15) is 0 Å². The number of hydrogen-bond donors (Lipinski definition) is 1. The molecule has 0 saturated carbocycles. The number of likely N-dealkylation sites (tertiary alicyclic amines) is 1. The first-order valence-corrected chi connectivity index (χ1v) is 10.5. The number of carbonyl (C=O) groups excluding carboxylic acids is 1. The highest BCUT2D eigenvalue weighted by atomic mass is 16.5. The van der Waals surface area contributed by atoms with Gasteiger partial charge in [0.15, 0.2) is 0 Å². The average molecular weight is 389 g/mol. The number of carbonyl (C=O) groups is 1. The van der Waals surface area contributed by atoms with Crippen LogP contribution in [0.1, 0.15) is 30.4 Å². The zero-order valence-electron chi connectivity index (χ0n) is 16.8. The standard InChI is InChI=1S/C25H28N2O2/c28-25-12-6-16-27(25)17-7-15-26-18-23-22-11-5-4-10-21(22)13-14-24(23)29-19-20-8-2-1-3-9-20/h1-5,8-11,13-14,26H,6-7,12,15-19H2. The van der Waals surface area contributed by atoms with Gasteiger partial charge in [-0.15, -0.1) is 0 Å². The van der Waals surface area contributed by atoms with Gasteiger partial charge in [-0.25, -0.2) is 0 Å². The van der Waals surface area contributed by atoms with Gasteiger partial charge < -0.3 is 15.0 Å². The van der Waals surface area contributed by atoms with E-state index in [4.69, 9.17) is 4.74 Å². The van der Waals surface area contributed by atoms with Crippen LogP contribution in [0.5, 0.6) is 5.75 Å². The maximum absolute atomic E-state index is 11.7. The summed E-state index contributed by atoms with van der Waals surface area (Å²) in [7, 11) is 0. The minimum absolute atomic E-state index is 0.302. The summed E-state index contributed by atoms with van der Waals surface area (Å²) in [5.74, 6) is 1.23. The van der Waals surface area contributed by atoms with Gasteiger partial charge in [0.25, 0.3) is 0 Å². The Kier molecular flexibility index (Phi) is 6.42. The van der Waals surface area contributed by atoms with Crippen LogP contribution in [0, 0.1) is 0 Å². The molecule has 1 heterocycles. The SMILES string of the molecule is O=C1CCCN1CCCNCc1c(OCc2ccccc2)ccc2ccccc12. The summed E-state index contributed by atoms with van der Waals surface area (Å²) in [6.45, 7) is 3.95. The fraction of sp³-hybridized carbons (Fsp3) is 0.320. The van der Waals surface area contributed by atoms with E-state index in [1.54, 1.807) is 0 Å². The predicted octanol–water partition coefficient (Wildman–Crippen LogP) is 4.52. The van der Waals surface area contributed by atoms with Crippen molar-refractivity contribution in [3.63, 3.8) is 0 Å². The molecule has 150 valence electrons. The second kappa shape index (κ2) is 9.57. The minimum Gasteiger partial charge on any atom is -0.489 e. The van der Waals surface area contributed by atoms with Crippen molar-refractivity contribution in [2.75, 3.05) is 19.6 Å². The van der Waals surface area contributed by atoms with Crippen LogP contribution < -0.4 is 10.1 Å². The van der Waals surface area contributed by atoms with Gasteiger partial charge in [0.1, 0.15) is 12.4 Å². The molecule has 0 radical (unpaired) electrons. The van der Waals surface area contributed by atoms with Crippen molar-refractivity contribution in [3.8, 4) is 5.75 Å². The summed E-state index contributed by atoms with van der Waals surface area (Å²) in [6.07, 6.45) is 2.69. The Morgan fingerprint density at radius 2 is 1.79 bits per heavy atom. The van der Waals surface area contributed by atoms with Crippen molar-refractivity contribution < 1.29 is 9.53 Å². The molecule has 1 saturated heterocycles. The molecule has 0 spiro atoms. The lowest BCUT2D eigenvalue weighted by Gasteiger charge is -2.17. The van der Waals surface area contributed by atoms with E-state index in [0.29, 0.717) is 18.9 Å².